The van der Waals surface area contributed by atoms with Gasteiger partial charge in [-0.2, -0.15) is 0 Å². The summed E-state index contributed by atoms with van der Waals surface area (Å²) in [7, 11) is 0. The number of amides is 1. The van der Waals surface area contributed by atoms with Crippen LogP contribution in [0.2, 0.25) is 5.02 Å². The molecule has 1 N–H and O–H groups in total. The number of aliphatic carboxylic acids is 1. The quantitative estimate of drug-likeness (QED) is 0.904. The lowest BCUT2D eigenvalue weighted by molar-refractivity contribution is -0.147. The van der Waals surface area contributed by atoms with E-state index >= 15 is 0 Å². The van der Waals surface area contributed by atoms with Gasteiger partial charge in [0.25, 0.3) is 5.91 Å². The number of carboxylic acid groups (broad SMARTS) is 1. The third kappa shape index (κ3) is 2.29. The summed E-state index contributed by atoms with van der Waals surface area (Å²) < 4.78 is 10.4. The Bertz CT molecular complexity index is 632. The predicted molar refractivity (Wildman–Crippen MR) is 73.8 cm³/mol. The highest BCUT2D eigenvalue weighted by molar-refractivity contribution is 6.32. The molecular weight excluding hydrogens is 298 g/mol. The molecule has 2 heterocycles. The standard InChI is InChI=1S/C14H14ClNO5/c1-14(13(18)19)2-3-16(6-14)12(17)8-4-9(15)11-10(5-8)20-7-21-11/h4-5H,2-3,6-7H2,1H3,(H,18,19). The van der Waals surface area contributed by atoms with Crippen molar-refractivity contribution in [3.8, 4) is 11.5 Å². The Labute approximate surface area is 126 Å². The van der Waals surface area contributed by atoms with Crippen molar-refractivity contribution in [3.63, 3.8) is 0 Å². The van der Waals surface area contributed by atoms with E-state index in [2.05, 4.69) is 0 Å². The van der Waals surface area contributed by atoms with Crippen LogP contribution in [0.1, 0.15) is 23.7 Å². The second-order valence-corrected chi connectivity index (χ2v) is 5.94. The summed E-state index contributed by atoms with van der Waals surface area (Å²) in [5.74, 6) is -0.266. The van der Waals surface area contributed by atoms with Crippen LogP contribution in [-0.2, 0) is 4.79 Å². The summed E-state index contributed by atoms with van der Waals surface area (Å²) >= 11 is 6.06. The number of fused-ring (bicyclic) bond motifs is 1. The van der Waals surface area contributed by atoms with E-state index in [1.165, 1.54) is 11.0 Å². The maximum atomic E-state index is 12.5. The van der Waals surface area contributed by atoms with Crippen LogP contribution in [0.25, 0.3) is 0 Å². The van der Waals surface area contributed by atoms with Crippen molar-refractivity contribution >= 4 is 23.5 Å². The van der Waals surface area contributed by atoms with E-state index in [4.69, 9.17) is 21.1 Å². The van der Waals surface area contributed by atoms with Gasteiger partial charge in [0.1, 0.15) is 0 Å². The van der Waals surface area contributed by atoms with Crippen LogP contribution >= 0.6 is 11.6 Å². The number of carbonyl (C=O) groups is 2. The maximum absolute atomic E-state index is 12.5. The van der Waals surface area contributed by atoms with Gasteiger partial charge in [0.2, 0.25) is 6.79 Å². The fourth-order valence-corrected chi connectivity index (χ4v) is 2.85. The van der Waals surface area contributed by atoms with E-state index in [9.17, 15) is 14.7 Å². The smallest absolute Gasteiger partial charge is 0.311 e. The molecule has 1 amide bonds. The Hall–Kier alpha value is -1.95. The van der Waals surface area contributed by atoms with Crippen LogP contribution in [0.5, 0.6) is 11.5 Å². The van der Waals surface area contributed by atoms with Crippen molar-refractivity contribution in [1.29, 1.82) is 0 Å². The average Bonchev–Trinajstić information content (AvgIpc) is 3.05. The molecule has 1 aromatic carbocycles. The van der Waals surface area contributed by atoms with E-state index in [1.807, 2.05) is 0 Å². The fourth-order valence-electron chi connectivity index (χ4n) is 2.58. The van der Waals surface area contributed by atoms with Gasteiger partial charge in [-0.25, -0.2) is 0 Å². The van der Waals surface area contributed by atoms with Crippen molar-refractivity contribution in [2.75, 3.05) is 19.9 Å². The number of halogens is 1. The monoisotopic (exact) mass is 311 g/mol. The van der Waals surface area contributed by atoms with E-state index in [0.717, 1.165) is 0 Å². The van der Waals surface area contributed by atoms with E-state index in [0.29, 0.717) is 35.1 Å². The zero-order valence-corrected chi connectivity index (χ0v) is 12.1. The summed E-state index contributed by atoms with van der Waals surface area (Å²) in [5, 5.41) is 9.53. The van der Waals surface area contributed by atoms with Crippen molar-refractivity contribution < 1.29 is 24.2 Å². The molecule has 1 fully saturated rings. The Morgan fingerprint density at radius 1 is 1.38 bits per heavy atom. The Morgan fingerprint density at radius 3 is 2.81 bits per heavy atom. The first-order chi connectivity index (χ1) is 9.90. The molecule has 2 aliphatic heterocycles. The van der Waals surface area contributed by atoms with Crippen molar-refractivity contribution in [2.24, 2.45) is 5.41 Å². The van der Waals surface area contributed by atoms with Crippen molar-refractivity contribution in [2.45, 2.75) is 13.3 Å². The third-order valence-corrected chi connectivity index (χ3v) is 4.23. The van der Waals surface area contributed by atoms with E-state index in [-0.39, 0.29) is 19.2 Å². The highest BCUT2D eigenvalue weighted by Crippen LogP contribution is 2.40. The molecule has 1 aromatic rings. The van der Waals surface area contributed by atoms with Gasteiger partial charge in [0.15, 0.2) is 11.5 Å². The average molecular weight is 312 g/mol. The molecule has 0 spiro atoms. The second kappa shape index (κ2) is 4.80. The lowest BCUT2D eigenvalue weighted by Gasteiger charge is -2.20. The van der Waals surface area contributed by atoms with E-state index < -0.39 is 11.4 Å². The summed E-state index contributed by atoms with van der Waals surface area (Å²) in [5.41, 5.74) is -0.519. The first-order valence-corrected chi connectivity index (χ1v) is 6.90. The van der Waals surface area contributed by atoms with Gasteiger partial charge in [0.05, 0.1) is 10.4 Å². The minimum Gasteiger partial charge on any atom is -0.481 e. The number of benzene rings is 1. The second-order valence-electron chi connectivity index (χ2n) is 5.53. The minimum atomic E-state index is -0.893. The van der Waals surface area contributed by atoms with Crippen LogP contribution in [0.15, 0.2) is 12.1 Å². The lowest BCUT2D eigenvalue weighted by atomic mass is 9.90. The SMILES string of the molecule is CC1(C(=O)O)CCN(C(=O)c2cc(Cl)c3c(c2)OCO3)C1. The topological polar surface area (TPSA) is 76.1 Å². The van der Waals surface area contributed by atoms with Crippen molar-refractivity contribution in [3.05, 3.63) is 22.7 Å². The third-order valence-electron chi connectivity index (χ3n) is 3.95. The fraction of sp³-hybridized carbons (Fsp3) is 0.429. The van der Waals surface area contributed by atoms with Crippen LogP contribution in [0.3, 0.4) is 0 Å². The molecule has 0 radical (unpaired) electrons. The normalized spacial score (nSPS) is 23.4. The predicted octanol–water partition coefficient (Wildman–Crippen LogP) is 2.01. The minimum absolute atomic E-state index is 0.0769. The van der Waals surface area contributed by atoms with Gasteiger partial charge in [-0.1, -0.05) is 11.6 Å². The molecule has 7 heteroatoms. The molecule has 1 unspecified atom stereocenters. The first kappa shape index (κ1) is 14.0. The van der Waals surface area contributed by atoms with Gasteiger partial charge in [-0.05, 0) is 25.5 Å². The Morgan fingerprint density at radius 2 is 2.14 bits per heavy atom. The molecule has 1 saturated heterocycles. The molecule has 0 aliphatic carbocycles. The number of rotatable bonds is 2. The van der Waals surface area contributed by atoms with Crippen LogP contribution < -0.4 is 9.47 Å². The number of hydrogen-bond donors (Lipinski definition) is 1. The van der Waals surface area contributed by atoms with Gasteiger partial charge < -0.3 is 19.5 Å². The van der Waals surface area contributed by atoms with Crippen LogP contribution in [0.4, 0.5) is 0 Å². The number of likely N-dealkylation sites (tertiary alicyclic amines) is 1. The lowest BCUT2D eigenvalue weighted by Crippen LogP contribution is -2.34. The maximum Gasteiger partial charge on any atom is 0.311 e. The molecule has 0 aromatic heterocycles. The van der Waals surface area contributed by atoms with Gasteiger partial charge in [0, 0.05) is 18.7 Å². The zero-order valence-electron chi connectivity index (χ0n) is 11.4. The van der Waals surface area contributed by atoms with E-state index in [1.54, 1.807) is 13.0 Å². The molecule has 112 valence electrons. The van der Waals surface area contributed by atoms with Crippen molar-refractivity contribution in [1.82, 2.24) is 4.90 Å². The number of nitrogens with zero attached hydrogens (tertiary/aromatic N) is 1. The molecule has 0 bridgehead atoms. The molecule has 1 atom stereocenters. The summed E-state index contributed by atoms with van der Waals surface area (Å²) in [6.07, 6.45) is 0.437. The summed E-state index contributed by atoms with van der Waals surface area (Å²) in [4.78, 5) is 25.3. The molecule has 3 rings (SSSR count). The largest absolute Gasteiger partial charge is 0.481 e. The Kier molecular flexibility index (Phi) is 3.20. The molecular formula is C14H14ClNO5. The molecule has 6 nitrogen and oxygen atoms in total. The summed E-state index contributed by atoms with van der Waals surface area (Å²) in [6, 6.07) is 3.10. The summed E-state index contributed by atoms with van der Waals surface area (Å²) in [6.45, 7) is 2.32. The van der Waals surface area contributed by atoms with Gasteiger partial charge >= 0.3 is 5.97 Å². The first-order valence-electron chi connectivity index (χ1n) is 6.52. The Balaban J connectivity index is 1.84. The molecule has 2 aliphatic rings. The highest BCUT2D eigenvalue weighted by Gasteiger charge is 2.42. The van der Waals surface area contributed by atoms with Gasteiger partial charge in [-0.15, -0.1) is 0 Å². The van der Waals surface area contributed by atoms with Gasteiger partial charge in [-0.3, -0.25) is 9.59 Å². The number of carbonyl (C=O) groups excluding carboxylic acids is 1. The number of carboxylic acids is 1. The number of ether oxygens (including phenoxy) is 2. The van der Waals surface area contributed by atoms with Crippen LogP contribution in [-0.4, -0.2) is 41.8 Å². The zero-order chi connectivity index (χ0) is 15.2. The molecule has 21 heavy (non-hydrogen) atoms. The van der Waals surface area contributed by atoms with Crippen LogP contribution in [0, 0.1) is 5.41 Å². The molecule has 0 saturated carbocycles. The number of hydrogen-bond acceptors (Lipinski definition) is 4. The highest BCUT2D eigenvalue weighted by atomic mass is 35.5.